The Morgan fingerprint density at radius 3 is 2.55 bits per heavy atom. The van der Waals surface area contributed by atoms with E-state index in [4.69, 9.17) is 0 Å². The number of rotatable bonds is 5. The van der Waals surface area contributed by atoms with Crippen LogP contribution in [-0.4, -0.2) is 37.8 Å². The molecule has 0 atom stereocenters. The first-order valence-electron chi connectivity index (χ1n) is 8.76. The van der Waals surface area contributed by atoms with Gasteiger partial charge in [0, 0.05) is 31.1 Å². The highest BCUT2D eigenvalue weighted by molar-refractivity contribution is 7.99. The molecule has 3 N–H and O–H groups in total. The third-order valence-corrected chi connectivity index (χ3v) is 6.80. The topological polar surface area (TPSA) is 152 Å². The van der Waals surface area contributed by atoms with Crippen LogP contribution in [0.4, 0.5) is 5.69 Å². The monoisotopic (exact) mass is 460 g/mol. The molecule has 11 nitrogen and oxygen atoms in total. The molecule has 0 spiro atoms. The second kappa shape index (κ2) is 7.59. The van der Waals surface area contributed by atoms with E-state index in [0.717, 1.165) is 22.5 Å². The van der Waals surface area contributed by atoms with Gasteiger partial charge in [0.05, 0.1) is 10.6 Å². The summed E-state index contributed by atoms with van der Waals surface area (Å²) in [5.41, 5.74) is -1.45. The largest absolute Gasteiger partial charge is 0.506 e. The number of fused-ring (bicyclic) bond motifs is 1. The number of phenolic OH excluding ortho intramolecular Hbond substituents is 1. The highest BCUT2D eigenvalue weighted by atomic mass is 32.2. The van der Waals surface area contributed by atoms with Crippen LogP contribution in [0.2, 0.25) is 0 Å². The van der Waals surface area contributed by atoms with E-state index in [1.54, 1.807) is 24.3 Å². The summed E-state index contributed by atoms with van der Waals surface area (Å²) in [6, 6.07) is 8.10. The minimum Gasteiger partial charge on any atom is -0.506 e. The van der Waals surface area contributed by atoms with Gasteiger partial charge in [-0.15, -0.1) is 0 Å². The van der Waals surface area contributed by atoms with Crippen LogP contribution < -0.4 is 16.0 Å². The van der Waals surface area contributed by atoms with Crippen LogP contribution in [0.25, 0.3) is 10.8 Å². The van der Waals surface area contributed by atoms with Crippen molar-refractivity contribution in [1.29, 1.82) is 0 Å². The van der Waals surface area contributed by atoms with E-state index in [2.05, 4.69) is 19.9 Å². The fourth-order valence-corrected chi connectivity index (χ4v) is 5.03. The number of sulfonamides is 1. The van der Waals surface area contributed by atoms with Gasteiger partial charge in [0.1, 0.15) is 12.1 Å². The van der Waals surface area contributed by atoms with E-state index >= 15 is 0 Å². The molecule has 0 unspecified atom stereocenters. The van der Waals surface area contributed by atoms with E-state index in [1.165, 1.54) is 26.5 Å². The van der Waals surface area contributed by atoms with Crippen LogP contribution in [0.15, 0.2) is 67.4 Å². The van der Waals surface area contributed by atoms with E-state index in [1.807, 2.05) is 0 Å². The zero-order valence-electron chi connectivity index (χ0n) is 16.2. The zero-order chi connectivity index (χ0) is 22.3. The van der Waals surface area contributed by atoms with Crippen LogP contribution in [0.1, 0.15) is 0 Å². The van der Waals surface area contributed by atoms with Crippen LogP contribution in [-0.2, 0) is 24.1 Å². The van der Waals surface area contributed by atoms with Crippen molar-refractivity contribution in [3.8, 4) is 5.75 Å². The molecule has 2 heterocycles. The Morgan fingerprint density at radius 2 is 1.87 bits per heavy atom. The first kappa shape index (κ1) is 20.7. The maximum absolute atomic E-state index is 13.1. The molecule has 0 aliphatic rings. The molecule has 4 aromatic rings. The molecule has 0 amide bonds. The number of hydrogen-bond acceptors (Lipinski definition) is 8. The third-order valence-electron chi connectivity index (χ3n) is 4.53. The second-order valence-electron chi connectivity index (χ2n) is 6.57. The van der Waals surface area contributed by atoms with Crippen molar-refractivity contribution >= 4 is 38.2 Å². The number of aromatic amines is 1. The Bertz CT molecular complexity index is 1520. The maximum Gasteiger partial charge on any atom is 0.330 e. The standard InChI is InChI=1S/C18H16N6O5S2/c1-23-8-14(16(26)24(2)18(23)27)31(28,29)22-12-7-13(30-17-19-9-20-21-17)15(25)11-6-4-3-5-10(11)12/h3-9,22,25H,1-2H3,(H,19,20,21). The van der Waals surface area contributed by atoms with Crippen LogP contribution in [0, 0.1) is 0 Å². The number of aryl methyl sites for hydroxylation is 1. The summed E-state index contributed by atoms with van der Waals surface area (Å²) in [7, 11) is -1.81. The Hall–Kier alpha value is -3.58. The van der Waals surface area contributed by atoms with Gasteiger partial charge in [0.15, 0.2) is 10.1 Å². The number of nitrogens with zero attached hydrogens (tertiary/aromatic N) is 4. The molecule has 13 heteroatoms. The Kier molecular flexibility index (Phi) is 5.07. The van der Waals surface area contributed by atoms with E-state index < -0.39 is 26.2 Å². The van der Waals surface area contributed by atoms with E-state index in [9.17, 15) is 23.1 Å². The normalized spacial score (nSPS) is 11.7. The molecule has 160 valence electrons. The van der Waals surface area contributed by atoms with Crippen LogP contribution in [0.5, 0.6) is 5.75 Å². The number of H-pyrrole nitrogens is 1. The predicted octanol–water partition coefficient (Wildman–Crippen LogP) is 1.01. The fraction of sp³-hybridized carbons (Fsp3) is 0.111. The summed E-state index contributed by atoms with van der Waals surface area (Å²) in [4.78, 5) is 28.1. The number of phenols is 1. The molecule has 0 aliphatic carbocycles. The summed E-state index contributed by atoms with van der Waals surface area (Å²) < 4.78 is 30.3. The van der Waals surface area contributed by atoms with Gasteiger partial charge in [-0.25, -0.2) is 18.2 Å². The van der Waals surface area contributed by atoms with Crippen molar-refractivity contribution in [3.05, 3.63) is 63.7 Å². The molecular weight excluding hydrogens is 444 g/mol. The van der Waals surface area contributed by atoms with Gasteiger partial charge in [0.2, 0.25) is 0 Å². The summed E-state index contributed by atoms with van der Waals surface area (Å²) in [6.07, 6.45) is 2.28. The van der Waals surface area contributed by atoms with Gasteiger partial charge in [-0.05, 0) is 17.8 Å². The number of nitrogens with one attached hydrogen (secondary N) is 2. The third kappa shape index (κ3) is 3.68. The molecule has 0 aliphatic heterocycles. The quantitative estimate of drug-likeness (QED) is 0.373. The van der Waals surface area contributed by atoms with Crippen molar-refractivity contribution < 1.29 is 13.5 Å². The van der Waals surface area contributed by atoms with Crippen molar-refractivity contribution in [3.63, 3.8) is 0 Å². The summed E-state index contributed by atoms with van der Waals surface area (Å²) in [6.45, 7) is 0. The first-order valence-corrected chi connectivity index (χ1v) is 11.1. The zero-order valence-corrected chi connectivity index (χ0v) is 17.9. The highest BCUT2D eigenvalue weighted by Crippen LogP contribution is 2.41. The molecular formula is C18H16N6O5S2. The molecule has 0 fully saturated rings. The molecule has 2 aromatic heterocycles. The Balaban J connectivity index is 1.87. The Labute approximate surface area is 179 Å². The molecule has 0 saturated carbocycles. The maximum atomic E-state index is 13.1. The Morgan fingerprint density at radius 1 is 1.16 bits per heavy atom. The first-order chi connectivity index (χ1) is 14.7. The van der Waals surface area contributed by atoms with Gasteiger partial charge in [-0.3, -0.25) is 19.2 Å². The lowest BCUT2D eigenvalue weighted by Crippen LogP contribution is -2.40. The number of anilines is 1. The van der Waals surface area contributed by atoms with Gasteiger partial charge < -0.3 is 9.67 Å². The minimum absolute atomic E-state index is 0.0574. The number of benzene rings is 2. The number of aromatic nitrogens is 5. The number of hydrogen-bond donors (Lipinski definition) is 3. The SMILES string of the molecule is Cn1cc(S(=O)(=O)Nc2cc(Sc3ncn[nH]3)c(O)c3ccccc23)c(=O)n(C)c1=O. The smallest absolute Gasteiger partial charge is 0.330 e. The number of aromatic hydroxyl groups is 1. The van der Waals surface area contributed by atoms with Crippen molar-refractivity contribution in [2.24, 2.45) is 14.1 Å². The molecule has 0 radical (unpaired) electrons. The molecule has 0 bridgehead atoms. The second-order valence-corrected chi connectivity index (χ2v) is 9.25. The molecule has 31 heavy (non-hydrogen) atoms. The van der Waals surface area contributed by atoms with Gasteiger partial charge in [-0.1, -0.05) is 24.3 Å². The summed E-state index contributed by atoms with van der Waals surface area (Å²) in [5, 5.41) is 18.3. The van der Waals surface area contributed by atoms with E-state index in [-0.39, 0.29) is 11.4 Å². The van der Waals surface area contributed by atoms with Crippen molar-refractivity contribution in [2.75, 3.05) is 4.72 Å². The lowest BCUT2D eigenvalue weighted by molar-refractivity contribution is 0.469. The molecule has 4 rings (SSSR count). The van der Waals surface area contributed by atoms with Crippen molar-refractivity contribution in [1.82, 2.24) is 24.3 Å². The lowest BCUT2D eigenvalue weighted by Gasteiger charge is -2.15. The average Bonchev–Trinajstić information content (AvgIpc) is 3.25. The molecule has 0 saturated heterocycles. The van der Waals surface area contributed by atoms with Gasteiger partial charge in [0.25, 0.3) is 15.6 Å². The highest BCUT2D eigenvalue weighted by Gasteiger charge is 2.24. The average molecular weight is 460 g/mol. The van der Waals surface area contributed by atoms with Gasteiger partial charge in [-0.2, -0.15) is 5.10 Å². The van der Waals surface area contributed by atoms with Gasteiger partial charge >= 0.3 is 5.69 Å². The summed E-state index contributed by atoms with van der Waals surface area (Å²) in [5.74, 6) is -0.0574. The predicted molar refractivity (Wildman–Crippen MR) is 114 cm³/mol. The minimum atomic E-state index is -4.36. The summed E-state index contributed by atoms with van der Waals surface area (Å²) >= 11 is 1.06. The molecule has 2 aromatic carbocycles. The van der Waals surface area contributed by atoms with Crippen molar-refractivity contribution in [2.45, 2.75) is 14.9 Å². The van der Waals surface area contributed by atoms with Crippen LogP contribution >= 0.6 is 11.8 Å². The fourth-order valence-electron chi connectivity index (χ4n) is 3.00. The lowest BCUT2D eigenvalue weighted by atomic mass is 10.1. The van der Waals surface area contributed by atoms with E-state index in [0.29, 0.717) is 25.4 Å². The van der Waals surface area contributed by atoms with Crippen LogP contribution in [0.3, 0.4) is 0 Å².